The van der Waals surface area contributed by atoms with Gasteiger partial charge in [0, 0.05) is 0 Å². The highest BCUT2D eigenvalue weighted by atomic mass is 16.7. The van der Waals surface area contributed by atoms with Crippen LogP contribution >= 0.6 is 0 Å². The molecule has 2 aliphatic heterocycles. The van der Waals surface area contributed by atoms with Crippen LogP contribution in [0, 0.1) is 12.8 Å². The Labute approximate surface area is 126 Å². The van der Waals surface area contributed by atoms with Gasteiger partial charge in [-0.15, -0.1) is 0 Å². The second kappa shape index (κ2) is 4.71. The van der Waals surface area contributed by atoms with Gasteiger partial charge in [-0.3, -0.25) is 19.7 Å². The van der Waals surface area contributed by atoms with Crippen molar-refractivity contribution in [2.24, 2.45) is 5.92 Å². The number of furan rings is 1. The van der Waals surface area contributed by atoms with Crippen molar-refractivity contribution in [2.75, 3.05) is 5.06 Å². The molecule has 1 aromatic carbocycles. The van der Waals surface area contributed by atoms with E-state index in [0.29, 0.717) is 5.76 Å². The van der Waals surface area contributed by atoms with Gasteiger partial charge in [0.1, 0.15) is 17.7 Å². The third kappa shape index (κ3) is 1.84. The zero-order chi connectivity index (χ0) is 15.3. The molecule has 112 valence electrons. The predicted molar refractivity (Wildman–Crippen MR) is 76.6 cm³/mol. The molecule has 6 nitrogen and oxygen atoms in total. The number of fused-ring (bicyclic) bond motifs is 1. The maximum absolute atomic E-state index is 12.1. The number of hydrogen-bond acceptors (Lipinski definition) is 5. The average molecular weight is 298 g/mol. The lowest BCUT2D eigenvalue weighted by atomic mass is 9.94. The van der Waals surface area contributed by atoms with Crippen molar-refractivity contribution in [1.29, 1.82) is 0 Å². The van der Waals surface area contributed by atoms with E-state index in [1.807, 2.05) is 31.2 Å². The van der Waals surface area contributed by atoms with Crippen LogP contribution in [-0.4, -0.2) is 17.9 Å². The van der Waals surface area contributed by atoms with Crippen LogP contribution in [0.2, 0.25) is 0 Å². The van der Waals surface area contributed by atoms with E-state index in [9.17, 15) is 9.59 Å². The summed E-state index contributed by atoms with van der Waals surface area (Å²) in [5.41, 5.74) is 1.90. The van der Waals surface area contributed by atoms with E-state index in [1.54, 1.807) is 23.5 Å². The summed E-state index contributed by atoms with van der Waals surface area (Å²) >= 11 is 0. The summed E-state index contributed by atoms with van der Waals surface area (Å²) in [5.74, 6) is -0.745. The number of amides is 2. The zero-order valence-corrected chi connectivity index (χ0v) is 11.9. The molecule has 0 spiro atoms. The number of rotatable bonds is 2. The van der Waals surface area contributed by atoms with Crippen LogP contribution in [0.25, 0.3) is 0 Å². The van der Waals surface area contributed by atoms with Crippen LogP contribution in [-0.2, 0) is 14.4 Å². The molecule has 0 saturated carbocycles. The maximum atomic E-state index is 12.1. The fourth-order valence-corrected chi connectivity index (χ4v) is 3.00. The maximum Gasteiger partial charge on any atom is 0.259 e. The van der Waals surface area contributed by atoms with Crippen LogP contribution in [0.15, 0.2) is 47.1 Å². The van der Waals surface area contributed by atoms with Crippen molar-refractivity contribution in [3.63, 3.8) is 0 Å². The van der Waals surface area contributed by atoms with Gasteiger partial charge in [0.15, 0.2) is 6.10 Å². The number of imide groups is 1. The Bertz CT molecular complexity index is 723. The summed E-state index contributed by atoms with van der Waals surface area (Å²) in [4.78, 5) is 29.8. The summed E-state index contributed by atoms with van der Waals surface area (Å²) in [6.07, 6.45) is 0.730. The first-order chi connectivity index (χ1) is 10.6. The average Bonchev–Trinajstić information content (AvgIpc) is 3.19. The Hall–Kier alpha value is -2.60. The standard InChI is InChI=1S/C16H14N2O4/c1-9-4-6-10(7-5-9)18-13(11-3-2-8-21-11)12-14(22-18)16(20)17-15(12)19/h2-8,12-14H,1H3,(H,17,19,20)/t12-,13-,14-/m0/s1. The molecule has 2 saturated heterocycles. The molecule has 4 rings (SSSR count). The second-order valence-electron chi connectivity index (χ2n) is 5.53. The van der Waals surface area contributed by atoms with E-state index >= 15 is 0 Å². The zero-order valence-electron chi connectivity index (χ0n) is 11.9. The van der Waals surface area contributed by atoms with Gasteiger partial charge < -0.3 is 4.42 Å². The number of nitrogens with zero attached hydrogens (tertiary/aromatic N) is 1. The Kier molecular flexibility index (Phi) is 2.80. The molecule has 0 aliphatic carbocycles. The van der Waals surface area contributed by atoms with Crippen molar-refractivity contribution in [3.8, 4) is 0 Å². The highest BCUT2D eigenvalue weighted by Gasteiger charge is 2.57. The number of benzene rings is 1. The molecule has 1 aromatic heterocycles. The number of hydroxylamine groups is 1. The molecule has 1 N–H and O–H groups in total. The van der Waals surface area contributed by atoms with Crippen molar-refractivity contribution in [1.82, 2.24) is 5.32 Å². The first kappa shape index (κ1) is 13.1. The number of anilines is 1. The number of carbonyl (C=O) groups is 2. The normalized spacial score (nSPS) is 27.1. The smallest absolute Gasteiger partial charge is 0.259 e. The van der Waals surface area contributed by atoms with Gasteiger partial charge >= 0.3 is 0 Å². The fourth-order valence-electron chi connectivity index (χ4n) is 3.00. The largest absolute Gasteiger partial charge is 0.467 e. The van der Waals surface area contributed by atoms with E-state index in [1.165, 1.54) is 0 Å². The minimum atomic E-state index is -0.816. The van der Waals surface area contributed by atoms with Gasteiger partial charge in [-0.05, 0) is 31.2 Å². The van der Waals surface area contributed by atoms with E-state index < -0.39 is 24.0 Å². The van der Waals surface area contributed by atoms with Gasteiger partial charge in [0.25, 0.3) is 5.91 Å². The van der Waals surface area contributed by atoms with E-state index in [4.69, 9.17) is 9.25 Å². The Morgan fingerprint density at radius 1 is 1.09 bits per heavy atom. The third-order valence-corrected chi connectivity index (χ3v) is 4.08. The molecule has 6 heteroatoms. The van der Waals surface area contributed by atoms with Crippen molar-refractivity contribution >= 4 is 17.5 Å². The second-order valence-corrected chi connectivity index (χ2v) is 5.53. The first-order valence-corrected chi connectivity index (χ1v) is 7.06. The lowest BCUT2D eigenvalue weighted by Crippen LogP contribution is -2.33. The lowest BCUT2D eigenvalue weighted by molar-refractivity contribution is -0.129. The summed E-state index contributed by atoms with van der Waals surface area (Å²) < 4.78 is 5.47. The highest BCUT2D eigenvalue weighted by Crippen LogP contribution is 2.44. The van der Waals surface area contributed by atoms with Crippen LogP contribution in [0.4, 0.5) is 5.69 Å². The van der Waals surface area contributed by atoms with E-state index in [0.717, 1.165) is 11.3 Å². The van der Waals surface area contributed by atoms with Crippen molar-refractivity contribution in [2.45, 2.75) is 19.1 Å². The number of nitrogens with one attached hydrogen (secondary N) is 1. The van der Waals surface area contributed by atoms with Crippen LogP contribution in [0.5, 0.6) is 0 Å². The quantitative estimate of drug-likeness (QED) is 0.855. The SMILES string of the molecule is Cc1ccc(N2O[C@@H]3C(=O)NC(=O)[C@H]3[C@@H]2c2ccco2)cc1. The summed E-state index contributed by atoms with van der Waals surface area (Å²) in [6.45, 7) is 1.99. The number of carbonyl (C=O) groups excluding carboxylic acids is 2. The summed E-state index contributed by atoms with van der Waals surface area (Å²) in [5, 5.41) is 3.92. The number of aryl methyl sites for hydroxylation is 1. The monoisotopic (exact) mass is 298 g/mol. The molecular formula is C16H14N2O4. The first-order valence-electron chi connectivity index (χ1n) is 7.06. The molecule has 0 unspecified atom stereocenters. The van der Waals surface area contributed by atoms with Crippen LogP contribution < -0.4 is 10.4 Å². The molecule has 3 heterocycles. The molecule has 2 aliphatic rings. The van der Waals surface area contributed by atoms with Gasteiger partial charge in [-0.2, -0.15) is 0 Å². The topological polar surface area (TPSA) is 71.8 Å². The molecule has 3 atom stereocenters. The predicted octanol–water partition coefficient (Wildman–Crippen LogP) is 1.72. The molecule has 0 radical (unpaired) electrons. The molecule has 22 heavy (non-hydrogen) atoms. The van der Waals surface area contributed by atoms with Crippen LogP contribution in [0.3, 0.4) is 0 Å². The minimum Gasteiger partial charge on any atom is -0.467 e. The summed E-state index contributed by atoms with van der Waals surface area (Å²) in [6, 6.07) is 10.8. The number of hydrogen-bond donors (Lipinski definition) is 1. The highest BCUT2D eigenvalue weighted by molar-refractivity contribution is 6.07. The fraction of sp³-hybridized carbons (Fsp3) is 0.250. The van der Waals surface area contributed by atoms with E-state index in [2.05, 4.69) is 5.32 Å². The Balaban J connectivity index is 1.78. The van der Waals surface area contributed by atoms with Gasteiger partial charge in [-0.1, -0.05) is 17.7 Å². The van der Waals surface area contributed by atoms with E-state index in [-0.39, 0.29) is 5.91 Å². The third-order valence-electron chi connectivity index (χ3n) is 4.08. The van der Waals surface area contributed by atoms with Gasteiger partial charge in [0.2, 0.25) is 5.91 Å². The minimum absolute atomic E-state index is 0.328. The molecule has 2 amide bonds. The van der Waals surface area contributed by atoms with Gasteiger partial charge in [0.05, 0.1) is 12.0 Å². The molecule has 2 fully saturated rings. The Morgan fingerprint density at radius 3 is 2.55 bits per heavy atom. The summed E-state index contributed by atoms with van der Waals surface area (Å²) in [7, 11) is 0. The van der Waals surface area contributed by atoms with Crippen LogP contribution in [0.1, 0.15) is 17.4 Å². The molecular weight excluding hydrogens is 284 g/mol. The van der Waals surface area contributed by atoms with Crippen molar-refractivity contribution < 1.29 is 18.8 Å². The van der Waals surface area contributed by atoms with Crippen molar-refractivity contribution in [3.05, 3.63) is 54.0 Å². The molecule has 2 aromatic rings. The Morgan fingerprint density at radius 2 is 1.86 bits per heavy atom. The lowest BCUT2D eigenvalue weighted by Gasteiger charge is -2.25. The molecule has 0 bridgehead atoms. The van der Waals surface area contributed by atoms with Gasteiger partial charge in [-0.25, -0.2) is 5.06 Å².